The third kappa shape index (κ3) is 7.45. The van der Waals surface area contributed by atoms with Crippen LogP contribution >= 0.6 is 67.8 Å². The maximum atomic E-state index is 13.5. The predicted molar refractivity (Wildman–Crippen MR) is 133 cm³/mol. The zero-order chi connectivity index (χ0) is 27.0. The number of benzene rings is 1. The molecule has 2 unspecified atom stereocenters. The molecule has 1 aliphatic carbocycles. The van der Waals surface area contributed by atoms with E-state index in [-0.39, 0.29) is 25.0 Å². The average molecular weight is 870 g/mol. The van der Waals surface area contributed by atoms with Gasteiger partial charge in [0.25, 0.3) is 10.1 Å². The molecule has 1 aromatic carbocycles. The van der Waals surface area contributed by atoms with Crippen LogP contribution in [0.2, 0.25) is 0 Å². The summed E-state index contributed by atoms with van der Waals surface area (Å²) in [5.74, 6) is -9.20. The average Bonchev–Trinajstić information content (AvgIpc) is 2.67. The van der Waals surface area contributed by atoms with Crippen molar-refractivity contribution >= 4 is 89.8 Å². The minimum Gasteiger partial charge on any atom is -0.438 e. The number of alkyl halides is 6. The summed E-state index contributed by atoms with van der Waals surface area (Å²) in [5, 5.41) is 0. The van der Waals surface area contributed by atoms with Gasteiger partial charge in [0.1, 0.15) is 5.75 Å². The lowest BCUT2D eigenvalue weighted by Gasteiger charge is -2.37. The van der Waals surface area contributed by atoms with Crippen LogP contribution < -0.4 is 4.74 Å². The molecule has 1 saturated carbocycles. The minimum atomic E-state index is -6.45. The van der Waals surface area contributed by atoms with Crippen molar-refractivity contribution in [3.8, 4) is 5.75 Å². The van der Waals surface area contributed by atoms with Crippen LogP contribution in [0.15, 0.2) is 12.1 Å². The van der Waals surface area contributed by atoms with Gasteiger partial charge in [0.05, 0.1) is 19.0 Å². The van der Waals surface area contributed by atoms with E-state index in [1.165, 1.54) is 0 Å². The number of hydrogen-bond acceptors (Lipinski definition) is 6. The van der Waals surface area contributed by atoms with Crippen molar-refractivity contribution in [3.05, 3.63) is 22.8 Å². The molecule has 0 bridgehead atoms. The lowest BCUT2D eigenvalue weighted by Crippen LogP contribution is -2.64. The molecule has 35 heavy (non-hydrogen) atoms. The Kier molecular flexibility index (Phi) is 10.0. The van der Waals surface area contributed by atoms with E-state index >= 15 is 0 Å². The van der Waals surface area contributed by atoms with Crippen molar-refractivity contribution in [3.63, 3.8) is 0 Å². The van der Waals surface area contributed by atoms with Crippen LogP contribution in [-0.2, 0) is 24.4 Å². The van der Waals surface area contributed by atoms with Crippen LogP contribution in [0.25, 0.3) is 0 Å². The SMILES string of the molecule is O=C(Oc1c(I)cc(I)cc1I)C1CCCCC1C(=O)OC(CS(=O)(=O)O)(C(F)(F)F)C(F)(F)F. The highest BCUT2D eigenvalue weighted by atomic mass is 127. The summed E-state index contributed by atoms with van der Waals surface area (Å²) in [4.78, 5) is 25.5. The molecular formula is C18H15F6I3O7S. The third-order valence-corrected chi connectivity index (χ3v) is 8.11. The smallest absolute Gasteiger partial charge is 0.438 e. The van der Waals surface area contributed by atoms with Gasteiger partial charge < -0.3 is 9.47 Å². The van der Waals surface area contributed by atoms with E-state index in [2.05, 4.69) is 4.74 Å². The fourth-order valence-electron chi connectivity index (χ4n) is 3.47. The van der Waals surface area contributed by atoms with Crippen LogP contribution in [0.5, 0.6) is 5.75 Å². The summed E-state index contributed by atoms with van der Waals surface area (Å²) in [7, 11) is -5.92. The Morgan fingerprint density at radius 3 is 1.74 bits per heavy atom. The fraction of sp³-hybridized carbons (Fsp3) is 0.556. The van der Waals surface area contributed by atoms with Crippen LogP contribution in [0.4, 0.5) is 26.3 Å². The van der Waals surface area contributed by atoms with Gasteiger partial charge in [-0.15, -0.1) is 0 Å². The molecule has 0 saturated heterocycles. The van der Waals surface area contributed by atoms with E-state index in [0.29, 0.717) is 13.6 Å². The van der Waals surface area contributed by atoms with Crippen molar-refractivity contribution in [1.29, 1.82) is 0 Å². The summed E-state index contributed by atoms with van der Waals surface area (Å²) in [6.45, 7) is 0. The summed E-state index contributed by atoms with van der Waals surface area (Å²) in [5.41, 5.74) is -5.53. The van der Waals surface area contributed by atoms with E-state index in [4.69, 9.17) is 9.29 Å². The van der Waals surface area contributed by atoms with Gasteiger partial charge in [0, 0.05) is 3.57 Å². The van der Waals surface area contributed by atoms with Gasteiger partial charge in [-0.1, -0.05) is 12.8 Å². The molecular weight excluding hydrogens is 855 g/mol. The summed E-state index contributed by atoms with van der Waals surface area (Å²) >= 11 is 5.76. The Balaban J connectivity index is 2.41. The topological polar surface area (TPSA) is 107 Å². The first kappa shape index (κ1) is 31.1. The Labute approximate surface area is 236 Å². The van der Waals surface area contributed by atoms with Gasteiger partial charge in [0.15, 0.2) is 5.75 Å². The van der Waals surface area contributed by atoms with Gasteiger partial charge in [-0.05, 0) is 92.7 Å². The molecule has 198 valence electrons. The molecule has 0 heterocycles. The van der Waals surface area contributed by atoms with E-state index in [9.17, 15) is 44.3 Å². The molecule has 2 atom stereocenters. The number of ether oxygens (including phenoxy) is 2. The Morgan fingerprint density at radius 1 is 0.914 bits per heavy atom. The van der Waals surface area contributed by atoms with Crippen molar-refractivity contribution in [1.82, 2.24) is 0 Å². The van der Waals surface area contributed by atoms with E-state index in [0.717, 1.165) is 3.57 Å². The third-order valence-electron chi connectivity index (χ3n) is 5.11. The Hall–Kier alpha value is -0.160. The number of esters is 2. The lowest BCUT2D eigenvalue weighted by atomic mass is 9.79. The molecule has 7 nitrogen and oxygen atoms in total. The van der Waals surface area contributed by atoms with Crippen molar-refractivity contribution in [2.24, 2.45) is 11.8 Å². The zero-order valence-corrected chi connectivity index (χ0v) is 24.3. The zero-order valence-electron chi connectivity index (χ0n) is 17.1. The van der Waals surface area contributed by atoms with Gasteiger partial charge in [-0.25, -0.2) is 0 Å². The fourth-order valence-corrected chi connectivity index (χ4v) is 8.17. The lowest BCUT2D eigenvalue weighted by molar-refractivity contribution is -0.362. The Morgan fingerprint density at radius 2 is 1.34 bits per heavy atom. The van der Waals surface area contributed by atoms with Crippen LogP contribution in [0.3, 0.4) is 0 Å². The second-order valence-corrected chi connectivity index (χ2v) is 12.6. The summed E-state index contributed by atoms with van der Waals surface area (Å²) in [6, 6.07) is 3.32. The Bertz CT molecular complexity index is 1050. The van der Waals surface area contributed by atoms with Crippen LogP contribution in [0.1, 0.15) is 25.7 Å². The quantitative estimate of drug-likeness (QED) is 0.132. The van der Waals surface area contributed by atoms with Gasteiger partial charge in [0.2, 0.25) is 0 Å². The highest BCUT2D eigenvalue weighted by molar-refractivity contribution is 14.1. The predicted octanol–water partition coefficient (Wildman–Crippen LogP) is 5.51. The number of halogens is 9. The second-order valence-electron chi connectivity index (χ2n) is 7.59. The normalized spacial score (nSPS) is 19.8. The molecule has 17 heteroatoms. The monoisotopic (exact) mass is 870 g/mol. The van der Waals surface area contributed by atoms with Crippen molar-refractivity contribution < 1.29 is 58.4 Å². The first-order chi connectivity index (χ1) is 15.8. The minimum absolute atomic E-state index is 0.0839. The highest BCUT2D eigenvalue weighted by Gasteiger charge is 2.76. The van der Waals surface area contributed by atoms with Gasteiger partial charge in [-0.2, -0.15) is 34.8 Å². The van der Waals surface area contributed by atoms with Crippen LogP contribution in [-0.4, -0.2) is 48.6 Å². The van der Waals surface area contributed by atoms with Gasteiger partial charge >= 0.3 is 29.9 Å². The molecule has 1 N–H and O–H groups in total. The molecule has 0 aromatic heterocycles. The number of rotatable bonds is 6. The maximum Gasteiger partial charge on any atom is 0.438 e. The molecule has 1 fully saturated rings. The largest absolute Gasteiger partial charge is 0.438 e. The molecule has 0 radical (unpaired) electrons. The first-order valence-electron chi connectivity index (χ1n) is 9.47. The van der Waals surface area contributed by atoms with E-state index < -0.39 is 57.6 Å². The molecule has 2 rings (SSSR count). The highest BCUT2D eigenvalue weighted by Crippen LogP contribution is 2.48. The molecule has 0 spiro atoms. The van der Waals surface area contributed by atoms with Crippen molar-refractivity contribution in [2.45, 2.75) is 43.6 Å². The van der Waals surface area contributed by atoms with E-state index in [1.54, 1.807) is 12.1 Å². The standard InChI is InChI=1S/C18H15F6I3O7S/c19-17(20,21)16(18(22,23)24,7-35(30,31)32)34-15(29)10-4-2-1-3-9(10)14(28)33-13-11(26)5-8(25)6-12(13)27/h5-6,9-10H,1-4,7H2,(H,30,31,32). The molecule has 1 aliphatic rings. The number of hydrogen-bond donors (Lipinski definition) is 1. The molecule has 0 amide bonds. The van der Waals surface area contributed by atoms with Crippen molar-refractivity contribution in [2.75, 3.05) is 5.75 Å². The number of carbonyl (C=O) groups is 2. The maximum absolute atomic E-state index is 13.5. The van der Waals surface area contributed by atoms with Crippen LogP contribution in [0, 0.1) is 22.5 Å². The first-order valence-corrected chi connectivity index (χ1v) is 14.3. The molecule has 0 aliphatic heterocycles. The van der Waals surface area contributed by atoms with E-state index in [1.807, 2.05) is 67.8 Å². The summed E-state index contributed by atoms with van der Waals surface area (Å²) < 4.78 is 123. The van der Waals surface area contributed by atoms with Gasteiger partial charge in [-0.3, -0.25) is 14.1 Å². The summed E-state index contributed by atoms with van der Waals surface area (Å²) in [6.07, 6.45) is -12.8. The number of carbonyl (C=O) groups excluding carboxylic acids is 2. The second kappa shape index (κ2) is 11.3. The molecule has 1 aromatic rings.